The van der Waals surface area contributed by atoms with Crippen LogP contribution in [0, 0.1) is 5.82 Å². The zero-order valence-electron chi connectivity index (χ0n) is 15.3. The fraction of sp³-hybridized carbons (Fsp3) is 0.381. The summed E-state index contributed by atoms with van der Waals surface area (Å²) in [5.74, 6) is 0.464. The second-order valence-electron chi connectivity index (χ2n) is 6.49. The number of halogens is 1. The van der Waals surface area contributed by atoms with Gasteiger partial charge >= 0.3 is 0 Å². The lowest BCUT2D eigenvalue weighted by Gasteiger charge is -2.27. The molecule has 27 heavy (non-hydrogen) atoms. The van der Waals surface area contributed by atoms with Gasteiger partial charge in [-0.2, -0.15) is 0 Å². The Kier molecular flexibility index (Phi) is 7.68. The number of nitrogens with one attached hydrogen (secondary N) is 1. The Morgan fingerprint density at radius 1 is 1.07 bits per heavy atom. The predicted molar refractivity (Wildman–Crippen MR) is 106 cm³/mol. The highest BCUT2D eigenvalue weighted by Crippen LogP contribution is 2.19. The molecule has 2 aromatic carbocycles. The van der Waals surface area contributed by atoms with Crippen molar-refractivity contribution in [1.82, 2.24) is 10.2 Å². The van der Waals surface area contributed by atoms with Crippen molar-refractivity contribution < 1.29 is 13.9 Å². The van der Waals surface area contributed by atoms with Crippen LogP contribution in [0.15, 0.2) is 53.4 Å². The zero-order chi connectivity index (χ0) is 18.9. The van der Waals surface area contributed by atoms with E-state index in [4.69, 9.17) is 4.74 Å². The van der Waals surface area contributed by atoms with Crippen molar-refractivity contribution in [3.8, 4) is 0 Å². The molecule has 0 spiro atoms. The largest absolute Gasteiger partial charge is 0.379 e. The van der Waals surface area contributed by atoms with E-state index < -0.39 is 0 Å². The maximum atomic E-state index is 12.9. The minimum atomic E-state index is -0.243. The number of nitrogens with zero attached hydrogens (tertiary/aromatic N) is 1. The van der Waals surface area contributed by atoms with E-state index in [1.54, 1.807) is 23.9 Å². The number of morpholine rings is 1. The van der Waals surface area contributed by atoms with Gasteiger partial charge in [0.25, 0.3) is 0 Å². The van der Waals surface area contributed by atoms with Crippen molar-refractivity contribution in [2.75, 3.05) is 32.1 Å². The molecule has 1 aliphatic heterocycles. The fourth-order valence-electron chi connectivity index (χ4n) is 2.96. The van der Waals surface area contributed by atoms with E-state index in [1.165, 1.54) is 17.7 Å². The van der Waals surface area contributed by atoms with Crippen molar-refractivity contribution in [2.24, 2.45) is 0 Å². The second kappa shape index (κ2) is 10.4. The summed E-state index contributed by atoms with van der Waals surface area (Å²) in [6, 6.07) is 14.6. The molecule has 1 saturated heterocycles. The number of hydrogen-bond donors (Lipinski definition) is 1. The van der Waals surface area contributed by atoms with E-state index in [2.05, 4.69) is 22.3 Å². The molecule has 4 nitrogen and oxygen atoms in total. The average molecular weight is 389 g/mol. The van der Waals surface area contributed by atoms with Crippen LogP contribution in [0.25, 0.3) is 0 Å². The standard InChI is InChI=1S/C21H25FN2O2S/c22-19-5-7-20(8-6-19)27-14-9-21(25)23-15-17-3-1-2-4-18(17)16-24-10-12-26-13-11-24/h1-8H,9-16H2,(H,23,25). The van der Waals surface area contributed by atoms with Crippen LogP contribution in [-0.4, -0.2) is 42.9 Å². The van der Waals surface area contributed by atoms with Crippen LogP contribution in [0.4, 0.5) is 4.39 Å². The molecular weight excluding hydrogens is 363 g/mol. The van der Waals surface area contributed by atoms with E-state index in [0.29, 0.717) is 18.7 Å². The van der Waals surface area contributed by atoms with Gasteiger partial charge in [0.15, 0.2) is 0 Å². The summed E-state index contributed by atoms with van der Waals surface area (Å²) in [5.41, 5.74) is 2.41. The Hall–Kier alpha value is -1.89. The van der Waals surface area contributed by atoms with E-state index in [-0.39, 0.29) is 11.7 Å². The third-order valence-electron chi connectivity index (χ3n) is 4.50. The first kappa shape index (κ1) is 19.9. The molecule has 3 rings (SSSR count). The number of rotatable bonds is 8. The van der Waals surface area contributed by atoms with Gasteiger partial charge in [-0.3, -0.25) is 9.69 Å². The highest BCUT2D eigenvalue weighted by Gasteiger charge is 2.13. The predicted octanol–water partition coefficient (Wildman–Crippen LogP) is 3.46. The van der Waals surface area contributed by atoms with Crippen molar-refractivity contribution in [3.63, 3.8) is 0 Å². The van der Waals surface area contributed by atoms with Gasteiger partial charge in [0, 0.05) is 43.2 Å². The summed E-state index contributed by atoms with van der Waals surface area (Å²) < 4.78 is 18.3. The summed E-state index contributed by atoms with van der Waals surface area (Å²) >= 11 is 1.56. The van der Waals surface area contributed by atoms with Crippen molar-refractivity contribution in [1.29, 1.82) is 0 Å². The molecule has 0 atom stereocenters. The molecule has 6 heteroatoms. The van der Waals surface area contributed by atoms with Gasteiger partial charge in [0.1, 0.15) is 5.82 Å². The van der Waals surface area contributed by atoms with Gasteiger partial charge in [-0.1, -0.05) is 24.3 Å². The molecule has 1 amide bonds. The lowest BCUT2D eigenvalue weighted by Crippen LogP contribution is -2.36. The Morgan fingerprint density at radius 3 is 2.52 bits per heavy atom. The summed E-state index contributed by atoms with van der Waals surface area (Å²) in [6.07, 6.45) is 0.438. The van der Waals surface area contributed by atoms with Gasteiger partial charge in [0.05, 0.1) is 13.2 Å². The third kappa shape index (κ3) is 6.65. The van der Waals surface area contributed by atoms with E-state index in [1.807, 2.05) is 12.1 Å². The minimum Gasteiger partial charge on any atom is -0.379 e. The molecule has 1 N–H and O–H groups in total. The smallest absolute Gasteiger partial charge is 0.221 e. The summed E-state index contributed by atoms with van der Waals surface area (Å²) in [6.45, 7) is 4.88. The number of thioether (sulfide) groups is 1. The second-order valence-corrected chi connectivity index (χ2v) is 7.65. The van der Waals surface area contributed by atoms with Crippen molar-refractivity contribution >= 4 is 17.7 Å². The normalized spacial score (nSPS) is 14.9. The molecule has 0 aliphatic carbocycles. The van der Waals surface area contributed by atoms with Gasteiger partial charge in [-0.05, 0) is 35.4 Å². The number of benzene rings is 2. The topological polar surface area (TPSA) is 41.6 Å². The monoisotopic (exact) mass is 388 g/mol. The van der Waals surface area contributed by atoms with Crippen molar-refractivity contribution in [2.45, 2.75) is 24.4 Å². The molecule has 1 heterocycles. The number of carbonyl (C=O) groups excluding carboxylic acids is 1. The molecule has 0 aromatic heterocycles. The summed E-state index contributed by atoms with van der Waals surface area (Å²) in [4.78, 5) is 15.5. The van der Waals surface area contributed by atoms with E-state index in [9.17, 15) is 9.18 Å². The molecule has 0 radical (unpaired) electrons. The minimum absolute atomic E-state index is 0.0331. The Balaban J connectivity index is 1.43. The van der Waals surface area contributed by atoms with Crippen molar-refractivity contribution in [3.05, 3.63) is 65.5 Å². The van der Waals surface area contributed by atoms with Crippen LogP contribution in [0.2, 0.25) is 0 Å². The number of amides is 1. The third-order valence-corrected chi connectivity index (χ3v) is 5.52. The van der Waals surface area contributed by atoms with Crippen LogP contribution in [0.1, 0.15) is 17.5 Å². The molecular formula is C21H25FN2O2S. The quantitative estimate of drug-likeness (QED) is 0.704. The molecule has 0 unspecified atom stereocenters. The van der Waals surface area contributed by atoms with Crippen LogP contribution < -0.4 is 5.32 Å². The molecule has 0 bridgehead atoms. The maximum Gasteiger partial charge on any atom is 0.221 e. The number of ether oxygens (including phenoxy) is 1. The van der Waals surface area contributed by atoms with Crippen LogP contribution in [0.5, 0.6) is 0 Å². The summed E-state index contributed by atoms with van der Waals surface area (Å²) in [7, 11) is 0. The number of carbonyl (C=O) groups is 1. The van der Waals surface area contributed by atoms with Crippen LogP contribution in [0.3, 0.4) is 0 Å². The van der Waals surface area contributed by atoms with E-state index >= 15 is 0 Å². The molecule has 2 aromatic rings. The van der Waals surface area contributed by atoms with Gasteiger partial charge in [-0.15, -0.1) is 11.8 Å². The van der Waals surface area contributed by atoms with E-state index in [0.717, 1.165) is 43.3 Å². The fourth-order valence-corrected chi connectivity index (χ4v) is 3.81. The lowest BCUT2D eigenvalue weighted by molar-refractivity contribution is -0.120. The Labute approximate surface area is 164 Å². The Bertz CT molecular complexity index is 733. The van der Waals surface area contributed by atoms with Crippen LogP contribution >= 0.6 is 11.8 Å². The SMILES string of the molecule is O=C(CCSc1ccc(F)cc1)NCc1ccccc1CN1CCOCC1. The average Bonchev–Trinajstić information content (AvgIpc) is 2.70. The Morgan fingerprint density at radius 2 is 1.78 bits per heavy atom. The molecule has 0 saturated carbocycles. The highest BCUT2D eigenvalue weighted by molar-refractivity contribution is 7.99. The zero-order valence-corrected chi connectivity index (χ0v) is 16.1. The number of hydrogen-bond acceptors (Lipinski definition) is 4. The first-order chi connectivity index (χ1) is 13.2. The first-order valence-electron chi connectivity index (χ1n) is 9.22. The lowest BCUT2D eigenvalue weighted by atomic mass is 10.1. The van der Waals surface area contributed by atoms with Gasteiger partial charge in [0.2, 0.25) is 5.91 Å². The molecule has 144 valence electrons. The van der Waals surface area contributed by atoms with Gasteiger partial charge < -0.3 is 10.1 Å². The molecule has 1 fully saturated rings. The summed E-state index contributed by atoms with van der Waals surface area (Å²) in [5, 5.41) is 3.02. The highest BCUT2D eigenvalue weighted by atomic mass is 32.2. The van der Waals surface area contributed by atoms with Gasteiger partial charge in [-0.25, -0.2) is 4.39 Å². The maximum absolute atomic E-state index is 12.9. The molecule has 1 aliphatic rings. The first-order valence-corrected chi connectivity index (χ1v) is 10.2. The van der Waals surface area contributed by atoms with Crippen LogP contribution in [-0.2, 0) is 22.6 Å².